The van der Waals surface area contributed by atoms with Gasteiger partial charge in [-0.05, 0) is 43.5 Å². The lowest BCUT2D eigenvalue weighted by molar-refractivity contribution is 0.0926. The van der Waals surface area contributed by atoms with Gasteiger partial charge in [-0.3, -0.25) is 4.79 Å². The molecular weight excluding hydrogens is 278 g/mol. The average Bonchev–Trinajstić information content (AvgIpc) is 3.23. The standard InChI is InChI=1S/C17H19N3O2/c21-12-3-1-2-10(8-12)13-6-7-15(19-13)17(22)20-16-9-11-4-5-14(16)18-11/h1-3,6-8,11,14,16,18-19,21H,4-5,9H2,(H,20,22)/t11-,14+,16-/m1/s1. The maximum Gasteiger partial charge on any atom is 0.267 e. The van der Waals surface area contributed by atoms with Crippen molar-refractivity contribution in [2.45, 2.75) is 37.4 Å². The molecule has 0 unspecified atom stereocenters. The van der Waals surface area contributed by atoms with Crippen molar-refractivity contribution in [1.82, 2.24) is 15.6 Å². The van der Waals surface area contributed by atoms with Crippen LogP contribution < -0.4 is 10.6 Å². The Hall–Kier alpha value is -2.27. The van der Waals surface area contributed by atoms with Gasteiger partial charge in [0.1, 0.15) is 11.4 Å². The number of aromatic nitrogens is 1. The van der Waals surface area contributed by atoms with E-state index in [4.69, 9.17) is 0 Å². The molecule has 0 spiro atoms. The highest BCUT2D eigenvalue weighted by Crippen LogP contribution is 2.28. The van der Waals surface area contributed by atoms with Crippen LogP contribution in [0.3, 0.4) is 0 Å². The topological polar surface area (TPSA) is 77.2 Å². The van der Waals surface area contributed by atoms with Crippen molar-refractivity contribution in [2.24, 2.45) is 0 Å². The quantitative estimate of drug-likeness (QED) is 0.700. The van der Waals surface area contributed by atoms with E-state index in [9.17, 15) is 9.90 Å². The summed E-state index contributed by atoms with van der Waals surface area (Å²) < 4.78 is 0. The number of fused-ring (bicyclic) bond motifs is 2. The van der Waals surface area contributed by atoms with Gasteiger partial charge in [0, 0.05) is 29.4 Å². The summed E-state index contributed by atoms with van der Waals surface area (Å²) in [5.41, 5.74) is 2.24. The Morgan fingerprint density at radius 3 is 2.86 bits per heavy atom. The second kappa shape index (κ2) is 5.18. The van der Waals surface area contributed by atoms with E-state index in [1.165, 1.54) is 6.42 Å². The zero-order valence-corrected chi connectivity index (χ0v) is 12.2. The van der Waals surface area contributed by atoms with Crippen LogP contribution >= 0.6 is 0 Å². The lowest BCUT2D eigenvalue weighted by Crippen LogP contribution is -2.43. The predicted octanol–water partition coefficient (Wildman–Crippen LogP) is 2.01. The number of hydrogen-bond acceptors (Lipinski definition) is 3. The maximum atomic E-state index is 12.4. The minimum atomic E-state index is -0.0641. The molecule has 4 N–H and O–H groups in total. The Bertz CT molecular complexity index is 709. The molecule has 2 aliphatic rings. The van der Waals surface area contributed by atoms with Crippen LogP contribution in [0.5, 0.6) is 5.75 Å². The van der Waals surface area contributed by atoms with E-state index < -0.39 is 0 Å². The summed E-state index contributed by atoms with van der Waals surface area (Å²) in [6.07, 6.45) is 3.40. The third-order valence-corrected chi connectivity index (χ3v) is 4.70. The number of amides is 1. The lowest BCUT2D eigenvalue weighted by atomic mass is 9.95. The molecule has 1 amide bonds. The van der Waals surface area contributed by atoms with Crippen molar-refractivity contribution >= 4 is 5.91 Å². The van der Waals surface area contributed by atoms with E-state index in [0.717, 1.165) is 24.1 Å². The Morgan fingerprint density at radius 1 is 1.23 bits per heavy atom. The van der Waals surface area contributed by atoms with Crippen molar-refractivity contribution in [2.75, 3.05) is 0 Å². The zero-order chi connectivity index (χ0) is 15.1. The molecule has 0 saturated carbocycles. The first-order chi connectivity index (χ1) is 10.7. The van der Waals surface area contributed by atoms with Crippen LogP contribution in [0.2, 0.25) is 0 Å². The molecule has 2 aromatic rings. The summed E-state index contributed by atoms with van der Waals surface area (Å²) in [7, 11) is 0. The van der Waals surface area contributed by atoms with Crippen molar-refractivity contribution < 1.29 is 9.90 Å². The van der Waals surface area contributed by atoms with Crippen molar-refractivity contribution in [1.29, 1.82) is 0 Å². The number of benzene rings is 1. The van der Waals surface area contributed by atoms with Gasteiger partial charge >= 0.3 is 0 Å². The summed E-state index contributed by atoms with van der Waals surface area (Å²) in [5, 5.41) is 16.2. The molecule has 1 aromatic carbocycles. The second-order valence-electron chi connectivity index (χ2n) is 6.20. The average molecular weight is 297 g/mol. The maximum absolute atomic E-state index is 12.4. The second-order valence-corrected chi connectivity index (χ2v) is 6.20. The third-order valence-electron chi connectivity index (χ3n) is 4.70. The summed E-state index contributed by atoms with van der Waals surface area (Å²) in [4.78, 5) is 15.5. The smallest absolute Gasteiger partial charge is 0.267 e. The highest BCUT2D eigenvalue weighted by molar-refractivity contribution is 5.93. The zero-order valence-electron chi connectivity index (χ0n) is 12.2. The van der Waals surface area contributed by atoms with Gasteiger partial charge in [-0.1, -0.05) is 12.1 Å². The van der Waals surface area contributed by atoms with Crippen molar-refractivity contribution in [3.05, 3.63) is 42.1 Å². The van der Waals surface area contributed by atoms with E-state index in [1.807, 2.05) is 12.1 Å². The number of hydrogen-bond donors (Lipinski definition) is 4. The molecule has 2 saturated heterocycles. The van der Waals surface area contributed by atoms with Crippen LogP contribution in [0, 0.1) is 0 Å². The van der Waals surface area contributed by atoms with Crippen molar-refractivity contribution in [3.8, 4) is 17.0 Å². The van der Waals surface area contributed by atoms with E-state index in [-0.39, 0.29) is 17.7 Å². The number of aromatic hydroxyl groups is 1. The molecule has 2 fully saturated rings. The first-order valence-electron chi connectivity index (χ1n) is 7.74. The van der Waals surface area contributed by atoms with Crippen molar-refractivity contribution in [3.63, 3.8) is 0 Å². The molecule has 0 aliphatic carbocycles. The largest absolute Gasteiger partial charge is 0.508 e. The fraction of sp³-hybridized carbons (Fsp3) is 0.353. The monoisotopic (exact) mass is 297 g/mol. The van der Waals surface area contributed by atoms with Gasteiger partial charge in [0.15, 0.2) is 0 Å². The Kier molecular flexibility index (Phi) is 3.15. The highest BCUT2D eigenvalue weighted by Gasteiger charge is 2.39. The molecule has 4 rings (SSSR count). The number of carbonyl (C=O) groups is 1. The summed E-state index contributed by atoms with van der Waals surface area (Å²) >= 11 is 0. The van der Waals surface area contributed by atoms with Crippen LogP contribution in [-0.2, 0) is 0 Å². The molecule has 0 radical (unpaired) electrons. The molecule has 3 atom stereocenters. The van der Waals surface area contributed by atoms with Crippen LogP contribution in [-0.4, -0.2) is 34.1 Å². The number of aromatic amines is 1. The minimum Gasteiger partial charge on any atom is -0.508 e. The Balaban J connectivity index is 1.48. The number of rotatable bonds is 3. The van der Waals surface area contributed by atoms with Gasteiger partial charge in [0.25, 0.3) is 5.91 Å². The molecule has 5 heteroatoms. The van der Waals surface area contributed by atoms with Crippen LogP contribution in [0.4, 0.5) is 0 Å². The number of phenolic OH excluding ortho intramolecular Hbond substituents is 1. The van der Waals surface area contributed by atoms with Crippen LogP contribution in [0.1, 0.15) is 29.8 Å². The van der Waals surface area contributed by atoms with Gasteiger partial charge in [-0.25, -0.2) is 0 Å². The summed E-state index contributed by atoms with van der Waals surface area (Å²) in [5.74, 6) is 0.150. The highest BCUT2D eigenvalue weighted by atomic mass is 16.3. The van der Waals surface area contributed by atoms with Crippen LogP contribution in [0.25, 0.3) is 11.3 Å². The fourth-order valence-corrected chi connectivity index (χ4v) is 3.60. The fourth-order valence-electron chi connectivity index (χ4n) is 3.60. The van der Waals surface area contributed by atoms with Gasteiger partial charge in [0.05, 0.1) is 0 Å². The van der Waals surface area contributed by atoms with E-state index >= 15 is 0 Å². The molecule has 1 aromatic heterocycles. The molecular formula is C17H19N3O2. The minimum absolute atomic E-state index is 0.0641. The summed E-state index contributed by atoms with van der Waals surface area (Å²) in [6.45, 7) is 0. The third kappa shape index (κ3) is 2.37. The molecule has 2 bridgehead atoms. The SMILES string of the molecule is O=C(N[C@@H]1C[C@H]2CC[C@@H]1N2)c1ccc(-c2cccc(O)c2)[nH]1. The first kappa shape index (κ1) is 13.4. The Labute approximate surface area is 128 Å². The number of carbonyl (C=O) groups excluding carboxylic acids is 1. The molecule has 3 heterocycles. The molecule has 114 valence electrons. The lowest BCUT2D eigenvalue weighted by Gasteiger charge is -2.21. The number of phenols is 1. The normalized spacial score (nSPS) is 26.3. The Morgan fingerprint density at radius 2 is 2.14 bits per heavy atom. The van der Waals surface area contributed by atoms with Gasteiger partial charge in [-0.2, -0.15) is 0 Å². The molecule has 22 heavy (non-hydrogen) atoms. The first-order valence-corrected chi connectivity index (χ1v) is 7.74. The number of nitrogens with one attached hydrogen (secondary N) is 3. The molecule has 2 aliphatic heterocycles. The number of H-pyrrole nitrogens is 1. The van der Waals surface area contributed by atoms with Gasteiger partial charge in [0.2, 0.25) is 0 Å². The predicted molar refractivity (Wildman–Crippen MR) is 83.7 cm³/mol. The van der Waals surface area contributed by atoms with E-state index in [0.29, 0.717) is 17.8 Å². The van der Waals surface area contributed by atoms with E-state index in [1.54, 1.807) is 24.3 Å². The van der Waals surface area contributed by atoms with Crippen LogP contribution in [0.15, 0.2) is 36.4 Å². The summed E-state index contributed by atoms with van der Waals surface area (Å²) in [6, 6.07) is 11.9. The van der Waals surface area contributed by atoms with Gasteiger partial charge in [-0.15, -0.1) is 0 Å². The van der Waals surface area contributed by atoms with E-state index in [2.05, 4.69) is 15.6 Å². The molecule has 5 nitrogen and oxygen atoms in total. The van der Waals surface area contributed by atoms with Gasteiger partial charge < -0.3 is 20.7 Å².